The van der Waals surface area contributed by atoms with Crippen LogP contribution in [0.25, 0.3) is 0 Å². The molecule has 0 radical (unpaired) electrons. The number of rotatable bonds is 7. The SMILES string of the molecule is C=CCN(CC(=O)O)C(=O)COc1cc(C)on1. The number of aromatic nitrogens is 1. The van der Waals surface area contributed by atoms with E-state index < -0.39 is 18.4 Å². The van der Waals surface area contributed by atoms with Crippen molar-refractivity contribution < 1.29 is 24.0 Å². The molecule has 1 amide bonds. The highest BCUT2D eigenvalue weighted by molar-refractivity contribution is 5.82. The van der Waals surface area contributed by atoms with Crippen LogP contribution in [0.1, 0.15) is 5.76 Å². The van der Waals surface area contributed by atoms with E-state index in [0.717, 1.165) is 4.90 Å². The van der Waals surface area contributed by atoms with Crippen molar-refractivity contribution in [3.63, 3.8) is 0 Å². The van der Waals surface area contributed by atoms with Gasteiger partial charge in [0.1, 0.15) is 12.3 Å². The molecule has 1 aromatic rings. The second kappa shape index (κ2) is 6.43. The predicted molar refractivity (Wildman–Crippen MR) is 61.1 cm³/mol. The Morgan fingerprint density at radius 1 is 1.67 bits per heavy atom. The molecule has 0 spiro atoms. The van der Waals surface area contributed by atoms with E-state index in [4.69, 9.17) is 14.4 Å². The third kappa shape index (κ3) is 4.28. The summed E-state index contributed by atoms with van der Waals surface area (Å²) in [6.45, 7) is 4.60. The van der Waals surface area contributed by atoms with Gasteiger partial charge in [-0.2, -0.15) is 0 Å². The number of aryl methyl sites for hydroxylation is 1. The first-order chi connectivity index (χ1) is 8.52. The number of carbonyl (C=O) groups is 2. The summed E-state index contributed by atoms with van der Waals surface area (Å²) >= 11 is 0. The van der Waals surface area contributed by atoms with Crippen molar-refractivity contribution >= 4 is 11.9 Å². The fourth-order valence-electron chi connectivity index (χ4n) is 1.21. The summed E-state index contributed by atoms with van der Waals surface area (Å²) < 4.78 is 9.83. The molecule has 7 nitrogen and oxygen atoms in total. The molecule has 1 N–H and O–H groups in total. The first-order valence-electron chi connectivity index (χ1n) is 5.19. The van der Waals surface area contributed by atoms with E-state index in [1.54, 1.807) is 6.92 Å². The maximum atomic E-state index is 11.7. The molecule has 0 aromatic carbocycles. The van der Waals surface area contributed by atoms with Gasteiger partial charge in [-0.15, -0.1) is 6.58 Å². The van der Waals surface area contributed by atoms with Gasteiger partial charge in [0.15, 0.2) is 6.61 Å². The number of nitrogens with zero attached hydrogens (tertiary/aromatic N) is 2. The minimum Gasteiger partial charge on any atom is -0.480 e. The summed E-state index contributed by atoms with van der Waals surface area (Å²) in [5, 5.41) is 12.2. The molecule has 18 heavy (non-hydrogen) atoms. The molecule has 0 aliphatic rings. The van der Waals surface area contributed by atoms with Crippen LogP contribution < -0.4 is 4.74 Å². The molecule has 1 rings (SSSR count). The van der Waals surface area contributed by atoms with Crippen LogP contribution in [-0.4, -0.2) is 46.7 Å². The Morgan fingerprint density at radius 3 is 2.89 bits per heavy atom. The van der Waals surface area contributed by atoms with Crippen LogP contribution in [0.4, 0.5) is 0 Å². The lowest BCUT2D eigenvalue weighted by atomic mass is 10.4. The van der Waals surface area contributed by atoms with Crippen LogP contribution in [0.15, 0.2) is 23.2 Å². The van der Waals surface area contributed by atoms with E-state index >= 15 is 0 Å². The molecule has 0 atom stereocenters. The van der Waals surface area contributed by atoms with E-state index in [0.29, 0.717) is 5.76 Å². The Hall–Kier alpha value is -2.31. The minimum absolute atomic E-state index is 0.145. The monoisotopic (exact) mass is 254 g/mol. The Morgan fingerprint density at radius 2 is 2.39 bits per heavy atom. The standard InChI is InChI=1S/C11H14N2O5/c1-3-4-13(6-11(15)16)10(14)7-17-9-5-8(2)18-12-9/h3,5H,1,4,6-7H2,2H3,(H,15,16). The van der Waals surface area contributed by atoms with E-state index in [1.165, 1.54) is 12.1 Å². The molecule has 98 valence electrons. The number of hydrogen-bond acceptors (Lipinski definition) is 5. The van der Waals surface area contributed by atoms with Crippen molar-refractivity contribution in [3.8, 4) is 5.88 Å². The zero-order chi connectivity index (χ0) is 13.5. The normalized spacial score (nSPS) is 9.83. The lowest BCUT2D eigenvalue weighted by Crippen LogP contribution is -2.38. The molecule has 1 heterocycles. The van der Waals surface area contributed by atoms with E-state index in [1.807, 2.05) is 0 Å². The molecular formula is C11H14N2O5. The molecule has 0 saturated carbocycles. The highest BCUT2D eigenvalue weighted by atomic mass is 16.5. The summed E-state index contributed by atoms with van der Waals surface area (Å²) in [7, 11) is 0. The number of carboxylic acid groups (broad SMARTS) is 1. The Bertz CT molecular complexity index is 440. The van der Waals surface area contributed by atoms with Crippen molar-refractivity contribution in [2.45, 2.75) is 6.92 Å². The first kappa shape index (κ1) is 13.8. The van der Waals surface area contributed by atoms with Crippen molar-refractivity contribution in [3.05, 3.63) is 24.5 Å². The number of ether oxygens (including phenoxy) is 1. The van der Waals surface area contributed by atoms with Crippen molar-refractivity contribution in [2.75, 3.05) is 19.7 Å². The fraction of sp³-hybridized carbons (Fsp3) is 0.364. The van der Waals surface area contributed by atoms with Gasteiger partial charge < -0.3 is 19.3 Å². The second-order valence-electron chi connectivity index (χ2n) is 3.52. The number of amides is 1. The third-order valence-corrected chi connectivity index (χ3v) is 1.98. The number of aliphatic carboxylic acids is 1. The third-order valence-electron chi connectivity index (χ3n) is 1.98. The van der Waals surface area contributed by atoms with Gasteiger partial charge in [-0.1, -0.05) is 6.08 Å². The van der Waals surface area contributed by atoms with Crippen molar-refractivity contribution in [1.82, 2.24) is 10.1 Å². The van der Waals surface area contributed by atoms with Gasteiger partial charge in [0.25, 0.3) is 11.8 Å². The smallest absolute Gasteiger partial charge is 0.323 e. The molecule has 0 fully saturated rings. The average molecular weight is 254 g/mol. The van der Waals surface area contributed by atoms with E-state index in [-0.39, 0.29) is 19.0 Å². The lowest BCUT2D eigenvalue weighted by molar-refractivity contribution is -0.144. The Labute approximate surface area is 104 Å². The van der Waals surface area contributed by atoms with Crippen LogP contribution in [0.5, 0.6) is 5.88 Å². The molecule has 7 heteroatoms. The summed E-state index contributed by atoms with van der Waals surface area (Å²) in [6.07, 6.45) is 1.45. The van der Waals surface area contributed by atoms with Crippen LogP contribution in [0.2, 0.25) is 0 Å². The average Bonchev–Trinajstić information content (AvgIpc) is 2.71. The van der Waals surface area contributed by atoms with Crippen LogP contribution in [-0.2, 0) is 9.59 Å². The van der Waals surface area contributed by atoms with Crippen LogP contribution in [0.3, 0.4) is 0 Å². The molecule has 0 unspecified atom stereocenters. The van der Waals surface area contributed by atoms with Gasteiger partial charge >= 0.3 is 5.97 Å². The topological polar surface area (TPSA) is 92.9 Å². The summed E-state index contributed by atoms with van der Waals surface area (Å²) in [5.74, 6) is -0.805. The minimum atomic E-state index is -1.09. The maximum Gasteiger partial charge on any atom is 0.323 e. The first-order valence-corrected chi connectivity index (χ1v) is 5.19. The second-order valence-corrected chi connectivity index (χ2v) is 3.52. The highest BCUT2D eigenvalue weighted by Gasteiger charge is 2.16. The van der Waals surface area contributed by atoms with Gasteiger partial charge in [-0.3, -0.25) is 9.59 Å². The quantitative estimate of drug-likeness (QED) is 0.710. The van der Waals surface area contributed by atoms with Crippen molar-refractivity contribution in [2.24, 2.45) is 0 Å². The largest absolute Gasteiger partial charge is 0.480 e. The zero-order valence-electron chi connectivity index (χ0n) is 9.96. The van der Waals surface area contributed by atoms with Crippen LogP contribution in [0, 0.1) is 6.92 Å². The van der Waals surface area contributed by atoms with Gasteiger partial charge in [0, 0.05) is 12.6 Å². The lowest BCUT2D eigenvalue weighted by Gasteiger charge is -2.18. The van der Waals surface area contributed by atoms with Crippen molar-refractivity contribution in [1.29, 1.82) is 0 Å². The van der Waals surface area contributed by atoms with E-state index in [9.17, 15) is 9.59 Å². The van der Waals surface area contributed by atoms with Gasteiger partial charge in [-0.05, 0) is 12.1 Å². The predicted octanol–water partition coefficient (Wildman–Crippen LogP) is 0.461. The zero-order valence-corrected chi connectivity index (χ0v) is 9.96. The number of hydrogen-bond donors (Lipinski definition) is 1. The highest BCUT2D eigenvalue weighted by Crippen LogP contribution is 2.09. The molecule has 0 aliphatic heterocycles. The fourth-order valence-corrected chi connectivity index (χ4v) is 1.21. The Kier molecular flexibility index (Phi) is 4.91. The van der Waals surface area contributed by atoms with Crippen LogP contribution >= 0.6 is 0 Å². The van der Waals surface area contributed by atoms with Gasteiger partial charge in [0.05, 0.1) is 0 Å². The summed E-state index contributed by atoms with van der Waals surface area (Å²) in [4.78, 5) is 23.4. The Balaban J connectivity index is 2.50. The molecular weight excluding hydrogens is 240 g/mol. The molecule has 0 saturated heterocycles. The van der Waals surface area contributed by atoms with Gasteiger partial charge in [0.2, 0.25) is 0 Å². The summed E-state index contributed by atoms with van der Waals surface area (Å²) in [6, 6.07) is 1.53. The molecule has 1 aromatic heterocycles. The molecule has 0 aliphatic carbocycles. The summed E-state index contributed by atoms with van der Waals surface area (Å²) in [5.41, 5.74) is 0. The van der Waals surface area contributed by atoms with Gasteiger partial charge in [-0.25, -0.2) is 0 Å². The van der Waals surface area contributed by atoms with E-state index in [2.05, 4.69) is 11.7 Å². The maximum absolute atomic E-state index is 11.7. The number of carboxylic acids is 1. The molecule has 0 bridgehead atoms. The number of carbonyl (C=O) groups excluding carboxylic acids is 1.